The van der Waals surface area contributed by atoms with Crippen LogP contribution in [0.25, 0.3) is 22.2 Å². The zero-order valence-corrected chi connectivity index (χ0v) is 14.7. The molecule has 0 saturated carbocycles. The van der Waals surface area contributed by atoms with Crippen molar-refractivity contribution in [3.05, 3.63) is 95.8 Å². The minimum atomic E-state index is -0.401. The molecule has 1 heterocycles. The van der Waals surface area contributed by atoms with Gasteiger partial charge in [-0.15, -0.1) is 0 Å². The first-order chi connectivity index (χ1) is 13.1. The predicted molar refractivity (Wildman–Crippen MR) is 106 cm³/mol. The summed E-state index contributed by atoms with van der Waals surface area (Å²) in [4.78, 5) is 17.6. The number of carbonyl (C=O) groups excluding carboxylic acids is 1. The van der Waals surface area contributed by atoms with Gasteiger partial charge in [0.2, 0.25) is 0 Å². The van der Waals surface area contributed by atoms with Gasteiger partial charge in [-0.2, -0.15) is 0 Å². The number of halogens is 1. The molecule has 132 valence electrons. The molecule has 0 atom stereocenters. The first kappa shape index (κ1) is 16.9. The molecule has 3 aromatic carbocycles. The summed E-state index contributed by atoms with van der Waals surface area (Å²) in [7, 11) is 0. The number of carbonyl (C=O) groups is 1. The van der Waals surface area contributed by atoms with E-state index in [2.05, 4.69) is 10.3 Å². The van der Waals surface area contributed by atoms with Crippen LogP contribution in [0.2, 0.25) is 0 Å². The molecule has 0 spiro atoms. The number of benzene rings is 3. The number of pyridine rings is 1. The standard InChI is InChI=1S/C23H17FN2O/c1-15-7-5-6-10-20(15)26-23(27)19-14-22(16-8-3-2-4-9-16)25-21-12-11-17(24)13-18(19)21/h2-14H,1H3,(H,26,27). The molecule has 4 heteroatoms. The highest BCUT2D eigenvalue weighted by Crippen LogP contribution is 2.26. The number of fused-ring (bicyclic) bond motifs is 1. The number of amides is 1. The number of hydrogen-bond donors (Lipinski definition) is 1. The number of para-hydroxylation sites is 1. The summed E-state index contributed by atoms with van der Waals surface area (Å²) in [5, 5.41) is 3.41. The predicted octanol–water partition coefficient (Wildman–Crippen LogP) is 5.60. The SMILES string of the molecule is Cc1ccccc1NC(=O)c1cc(-c2ccccc2)nc2ccc(F)cc12. The Morgan fingerprint density at radius 3 is 2.44 bits per heavy atom. The first-order valence-corrected chi connectivity index (χ1v) is 8.64. The molecule has 4 aromatic rings. The third-order valence-corrected chi connectivity index (χ3v) is 4.48. The van der Waals surface area contributed by atoms with E-state index in [0.717, 1.165) is 16.8 Å². The molecule has 4 rings (SSSR count). The van der Waals surface area contributed by atoms with E-state index in [0.29, 0.717) is 22.2 Å². The lowest BCUT2D eigenvalue weighted by atomic mass is 10.0. The molecule has 27 heavy (non-hydrogen) atoms. The van der Waals surface area contributed by atoms with Crippen LogP contribution in [0.4, 0.5) is 10.1 Å². The second-order valence-electron chi connectivity index (χ2n) is 6.35. The van der Waals surface area contributed by atoms with Crippen molar-refractivity contribution < 1.29 is 9.18 Å². The highest BCUT2D eigenvalue weighted by Gasteiger charge is 2.15. The van der Waals surface area contributed by atoms with Gasteiger partial charge < -0.3 is 5.32 Å². The summed E-state index contributed by atoms with van der Waals surface area (Å²) in [6.45, 7) is 1.93. The van der Waals surface area contributed by atoms with E-state index in [1.54, 1.807) is 12.1 Å². The van der Waals surface area contributed by atoms with Gasteiger partial charge in [0.1, 0.15) is 5.82 Å². The molecule has 1 amide bonds. The quantitative estimate of drug-likeness (QED) is 0.519. The minimum Gasteiger partial charge on any atom is -0.322 e. The molecule has 0 fully saturated rings. The lowest BCUT2D eigenvalue weighted by Crippen LogP contribution is -2.14. The molecule has 0 radical (unpaired) electrons. The van der Waals surface area contributed by atoms with Gasteiger partial charge in [0.15, 0.2) is 0 Å². The molecule has 0 saturated heterocycles. The van der Waals surface area contributed by atoms with Crippen molar-refractivity contribution in [3.63, 3.8) is 0 Å². The molecule has 0 unspecified atom stereocenters. The zero-order chi connectivity index (χ0) is 18.8. The van der Waals surface area contributed by atoms with Crippen LogP contribution < -0.4 is 5.32 Å². The topological polar surface area (TPSA) is 42.0 Å². The Morgan fingerprint density at radius 2 is 1.67 bits per heavy atom. The van der Waals surface area contributed by atoms with Crippen LogP contribution in [0.5, 0.6) is 0 Å². The fourth-order valence-corrected chi connectivity index (χ4v) is 3.05. The largest absolute Gasteiger partial charge is 0.322 e. The Labute approximate surface area is 156 Å². The minimum absolute atomic E-state index is 0.292. The second-order valence-corrected chi connectivity index (χ2v) is 6.35. The fourth-order valence-electron chi connectivity index (χ4n) is 3.05. The Bertz CT molecular complexity index is 1140. The Morgan fingerprint density at radius 1 is 0.926 bits per heavy atom. The molecule has 1 N–H and O–H groups in total. The lowest BCUT2D eigenvalue weighted by molar-refractivity contribution is 0.102. The zero-order valence-electron chi connectivity index (χ0n) is 14.7. The summed E-state index contributed by atoms with van der Waals surface area (Å²) < 4.78 is 13.8. The van der Waals surface area contributed by atoms with E-state index >= 15 is 0 Å². The van der Waals surface area contributed by atoms with Crippen molar-refractivity contribution in [3.8, 4) is 11.3 Å². The normalized spacial score (nSPS) is 10.7. The molecule has 3 nitrogen and oxygen atoms in total. The average molecular weight is 356 g/mol. The van der Waals surface area contributed by atoms with E-state index in [4.69, 9.17) is 0 Å². The van der Waals surface area contributed by atoms with Gasteiger partial charge in [-0.1, -0.05) is 48.5 Å². The van der Waals surface area contributed by atoms with Crippen molar-refractivity contribution >= 4 is 22.5 Å². The summed E-state index contributed by atoms with van der Waals surface area (Å²) >= 11 is 0. The fraction of sp³-hybridized carbons (Fsp3) is 0.0435. The number of aryl methyl sites for hydroxylation is 1. The highest BCUT2D eigenvalue weighted by molar-refractivity contribution is 6.13. The third-order valence-electron chi connectivity index (χ3n) is 4.48. The van der Waals surface area contributed by atoms with Crippen molar-refractivity contribution in [1.82, 2.24) is 4.98 Å². The molecular formula is C23H17FN2O. The van der Waals surface area contributed by atoms with E-state index < -0.39 is 5.82 Å². The summed E-state index contributed by atoms with van der Waals surface area (Å²) in [5.41, 5.74) is 4.22. The molecule has 0 aliphatic carbocycles. The van der Waals surface area contributed by atoms with Gasteiger partial charge in [-0.3, -0.25) is 4.79 Å². The number of rotatable bonds is 3. The van der Waals surface area contributed by atoms with E-state index in [1.165, 1.54) is 12.1 Å². The van der Waals surface area contributed by atoms with E-state index in [-0.39, 0.29) is 5.91 Å². The Hall–Kier alpha value is -3.53. The maximum Gasteiger partial charge on any atom is 0.256 e. The summed E-state index contributed by atoms with van der Waals surface area (Å²) in [6, 6.07) is 23.2. The number of nitrogens with one attached hydrogen (secondary N) is 1. The maximum atomic E-state index is 13.8. The van der Waals surface area contributed by atoms with Gasteiger partial charge >= 0.3 is 0 Å². The van der Waals surface area contributed by atoms with Crippen LogP contribution in [0.15, 0.2) is 78.9 Å². The van der Waals surface area contributed by atoms with Crippen LogP contribution in [0.1, 0.15) is 15.9 Å². The number of aromatic nitrogens is 1. The van der Waals surface area contributed by atoms with Crippen molar-refractivity contribution in [2.75, 3.05) is 5.32 Å². The highest BCUT2D eigenvalue weighted by atomic mass is 19.1. The molecule has 1 aromatic heterocycles. The monoisotopic (exact) mass is 356 g/mol. The molecule has 0 aliphatic rings. The van der Waals surface area contributed by atoms with E-state index in [9.17, 15) is 9.18 Å². The van der Waals surface area contributed by atoms with Crippen molar-refractivity contribution in [2.24, 2.45) is 0 Å². The van der Waals surface area contributed by atoms with Gasteiger partial charge in [0.05, 0.1) is 16.8 Å². The summed E-state index contributed by atoms with van der Waals surface area (Å²) in [6.07, 6.45) is 0. The first-order valence-electron chi connectivity index (χ1n) is 8.64. The molecule has 0 bridgehead atoms. The van der Waals surface area contributed by atoms with Crippen LogP contribution >= 0.6 is 0 Å². The van der Waals surface area contributed by atoms with Gasteiger partial charge in [0.25, 0.3) is 5.91 Å². The average Bonchev–Trinajstić information content (AvgIpc) is 2.69. The maximum absolute atomic E-state index is 13.8. The molecular weight excluding hydrogens is 339 g/mol. The van der Waals surface area contributed by atoms with Crippen LogP contribution in [-0.4, -0.2) is 10.9 Å². The van der Waals surface area contributed by atoms with Gasteiger partial charge in [-0.05, 0) is 42.8 Å². The van der Waals surface area contributed by atoms with Crippen LogP contribution in [-0.2, 0) is 0 Å². The van der Waals surface area contributed by atoms with Crippen molar-refractivity contribution in [1.29, 1.82) is 0 Å². The number of hydrogen-bond acceptors (Lipinski definition) is 2. The van der Waals surface area contributed by atoms with E-state index in [1.807, 2.05) is 61.5 Å². The number of nitrogens with zero attached hydrogens (tertiary/aromatic N) is 1. The van der Waals surface area contributed by atoms with Crippen LogP contribution in [0.3, 0.4) is 0 Å². The number of anilines is 1. The van der Waals surface area contributed by atoms with Gasteiger partial charge in [-0.25, -0.2) is 9.37 Å². The molecule has 0 aliphatic heterocycles. The summed E-state index contributed by atoms with van der Waals surface area (Å²) in [5.74, 6) is -0.693. The smallest absolute Gasteiger partial charge is 0.256 e. The van der Waals surface area contributed by atoms with Crippen molar-refractivity contribution in [2.45, 2.75) is 6.92 Å². The Balaban J connectivity index is 1.85. The lowest BCUT2D eigenvalue weighted by Gasteiger charge is -2.12. The second kappa shape index (κ2) is 7.00. The third kappa shape index (κ3) is 3.42. The van der Waals surface area contributed by atoms with Crippen LogP contribution in [0, 0.1) is 12.7 Å². The van der Waals surface area contributed by atoms with Gasteiger partial charge in [0, 0.05) is 16.6 Å². The Kier molecular flexibility index (Phi) is 4.38.